The van der Waals surface area contributed by atoms with Crippen LogP contribution in [-0.4, -0.2) is 20.4 Å². The zero-order valence-corrected chi connectivity index (χ0v) is 17.6. The number of carbonyl (C=O) groups excluding carboxylic acids is 1. The molecule has 0 aliphatic heterocycles. The van der Waals surface area contributed by atoms with Gasteiger partial charge in [0.15, 0.2) is 5.65 Å². The maximum Gasteiger partial charge on any atom is 0.278 e. The van der Waals surface area contributed by atoms with Gasteiger partial charge in [-0.15, -0.1) is 0 Å². The number of hydrogen-bond donors (Lipinski definition) is 1. The largest absolute Gasteiger partial charge is 0.322 e. The van der Waals surface area contributed by atoms with Crippen molar-refractivity contribution in [2.24, 2.45) is 0 Å². The summed E-state index contributed by atoms with van der Waals surface area (Å²) in [5.41, 5.74) is 3.46. The first-order valence-electron chi connectivity index (χ1n) is 10.3. The maximum atomic E-state index is 13.4. The number of carbonyl (C=O) groups is 1. The van der Waals surface area contributed by atoms with E-state index in [1.807, 2.05) is 55.5 Å². The average molecular weight is 422 g/mol. The van der Waals surface area contributed by atoms with E-state index in [9.17, 15) is 9.59 Å². The van der Waals surface area contributed by atoms with Crippen LogP contribution in [0.15, 0.2) is 102 Å². The second-order valence-electron chi connectivity index (χ2n) is 7.13. The second kappa shape index (κ2) is 9.66. The molecule has 0 spiro atoms. The number of pyridine rings is 1. The molecule has 2 aromatic carbocycles. The van der Waals surface area contributed by atoms with Crippen molar-refractivity contribution in [3.05, 3.63) is 119 Å². The number of amides is 1. The second-order valence-corrected chi connectivity index (χ2v) is 7.13. The van der Waals surface area contributed by atoms with Crippen molar-refractivity contribution in [3.8, 4) is 5.69 Å². The molecular formula is C26H22N4O2. The number of allylic oxidation sites excluding steroid dienone is 3. The summed E-state index contributed by atoms with van der Waals surface area (Å²) in [6.45, 7) is 1.88. The molecular weight excluding hydrogens is 400 g/mol. The highest BCUT2D eigenvalue weighted by atomic mass is 16.1. The zero-order chi connectivity index (χ0) is 22.3. The predicted molar refractivity (Wildman–Crippen MR) is 127 cm³/mol. The fraction of sp³-hybridized carbons (Fsp3) is 0.0769. The fourth-order valence-corrected chi connectivity index (χ4v) is 3.37. The average Bonchev–Trinajstić information content (AvgIpc) is 2.81. The van der Waals surface area contributed by atoms with Crippen LogP contribution < -0.4 is 10.9 Å². The lowest BCUT2D eigenvalue weighted by atomic mass is 10.1. The minimum absolute atomic E-state index is 0.239. The third-order valence-corrected chi connectivity index (χ3v) is 4.82. The van der Waals surface area contributed by atoms with Crippen LogP contribution in [0.1, 0.15) is 18.2 Å². The molecule has 0 unspecified atom stereocenters. The van der Waals surface area contributed by atoms with E-state index in [4.69, 9.17) is 0 Å². The molecule has 4 aromatic rings. The lowest BCUT2D eigenvalue weighted by molar-refractivity contribution is -0.111. The highest BCUT2D eigenvalue weighted by molar-refractivity contribution is 5.99. The Hall–Kier alpha value is -4.32. The summed E-state index contributed by atoms with van der Waals surface area (Å²) in [6, 6.07) is 20.5. The topological polar surface area (TPSA) is 76.9 Å². The lowest BCUT2D eigenvalue weighted by Crippen LogP contribution is -2.25. The Morgan fingerprint density at radius 2 is 1.88 bits per heavy atom. The van der Waals surface area contributed by atoms with Gasteiger partial charge in [0, 0.05) is 24.4 Å². The van der Waals surface area contributed by atoms with Gasteiger partial charge in [-0.1, -0.05) is 54.6 Å². The lowest BCUT2D eigenvalue weighted by Gasteiger charge is -2.13. The summed E-state index contributed by atoms with van der Waals surface area (Å²) in [5.74, 6) is -0.255. The van der Waals surface area contributed by atoms with Gasteiger partial charge in [0.1, 0.15) is 11.2 Å². The van der Waals surface area contributed by atoms with Gasteiger partial charge in [-0.05, 0) is 42.8 Å². The van der Waals surface area contributed by atoms with Crippen LogP contribution >= 0.6 is 0 Å². The van der Waals surface area contributed by atoms with Gasteiger partial charge in [0.05, 0.1) is 5.69 Å². The van der Waals surface area contributed by atoms with Crippen LogP contribution in [0.5, 0.6) is 0 Å². The van der Waals surface area contributed by atoms with E-state index in [0.29, 0.717) is 34.7 Å². The Morgan fingerprint density at radius 3 is 2.69 bits per heavy atom. The molecule has 0 fully saturated rings. The van der Waals surface area contributed by atoms with Gasteiger partial charge in [-0.2, -0.15) is 0 Å². The standard InChI is InChI=1S/C26H22N4O2/c1-2-3-5-15-24(31)28-20-12-8-13-21(18-20)30-25-22(14-9-16-27-25)29-23(26(30)32)17-19-10-6-4-7-11-19/h2-16,18H,17H2,1H3,(H,28,31). The molecule has 0 bridgehead atoms. The SMILES string of the molecule is CC=CC=CC(=O)Nc1cccc(-n2c(=O)c(Cc3ccccc3)nc3cccnc32)c1. The highest BCUT2D eigenvalue weighted by Crippen LogP contribution is 2.18. The molecule has 4 rings (SSSR count). The van der Waals surface area contributed by atoms with Crippen LogP contribution in [0.2, 0.25) is 0 Å². The van der Waals surface area contributed by atoms with Gasteiger partial charge >= 0.3 is 0 Å². The molecule has 32 heavy (non-hydrogen) atoms. The van der Waals surface area contributed by atoms with E-state index < -0.39 is 0 Å². The van der Waals surface area contributed by atoms with E-state index >= 15 is 0 Å². The molecule has 2 aromatic heterocycles. The molecule has 0 aliphatic carbocycles. The Bertz CT molecular complexity index is 1370. The molecule has 158 valence electrons. The highest BCUT2D eigenvalue weighted by Gasteiger charge is 2.14. The molecule has 0 atom stereocenters. The molecule has 1 amide bonds. The third-order valence-electron chi connectivity index (χ3n) is 4.82. The summed E-state index contributed by atoms with van der Waals surface area (Å²) in [6.07, 6.45) is 8.77. The monoisotopic (exact) mass is 422 g/mol. The molecule has 6 heteroatoms. The first-order valence-corrected chi connectivity index (χ1v) is 10.3. The fourth-order valence-electron chi connectivity index (χ4n) is 3.37. The van der Waals surface area contributed by atoms with Gasteiger partial charge in [0.2, 0.25) is 5.91 Å². The molecule has 0 aliphatic rings. The minimum Gasteiger partial charge on any atom is -0.322 e. The van der Waals surface area contributed by atoms with E-state index in [2.05, 4.69) is 15.3 Å². The summed E-state index contributed by atoms with van der Waals surface area (Å²) < 4.78 is 1.55. The Labute approximate surface area is 185 Å². The molecule has 0 saturated heterocycles. The summed E-state index contributed by atoms with van der Waals surface area (Å²) in [4.78, 5) is 34.6. The van der Waals surface area contributed by atoms with Crippen molar-refractivity contribution in [3.63, 3.8) is 0 Å². The van der Waals surface area contributed by atoms with Crippen LogP contribution in [-0.2, 0) is 11.2 Å². The Balaban J connectivity index is 1.78. The molecule has 0 saturated carbocycles. The van der Waals surface area contributed by atoms with E-state index in [0.717, 1.165) is 5.56 Å². The minimum atomic E-state index is -0.255. The third kappa shape index (κ3) is 4.70. The Morgan fingerprint density at radius 1 is 1.03 bits per heavy atom. The van der Waals surface area contributed by atoms with E-state index in [-0.39, 0.29) is 11.5 Å². The molecule has 2 heterocycles. The van der Waals surface area contributed by atoms with Crippen molar-refractivity contribution in [2.45, 2.75) is 13.3 Å². The quantitative estimate of drug-likeness (QED) is 0.368. The van der Waals surface area contributed by atoms with Crippen LogP contribution in [0.3, 0.4) is 0 Å². The number of rotatable bonds is 6. The van der Waals surface area contributed by atoms with Crippen molar-refractivity contribution in [1.82, 2.24) is 14.5 Å². The summed E-state index contributed by atoms with van der Waals surface area (Å²) >= 11 is 0. The van der Waals surface area contributed by atoms with Gasteiger partial charge in [-0.3, -0.25) is 14.2 Å². The normalized spacial score (nSPS) is 11.4. The summed E-state index contributed by atoms with van der Waals surface area (Å²) in [5, 5.41) is 2.82. The predicted octanol–water partition coefficient (Wildman–Crippen LogP) is 4.44. The number of aromatic nitrogens is 3. The number of fused-ring (bicyclic) bond motifs is 1. The zero-order valence-electron chi connectivity index (χ0n) is 17.6. The molecule has 6 nitrogen and oxygen atoms in total. The van der Waals surface area contributed by atoms with Gasteiger partial charge in [0.25, 0.3) is 5.56 Å². The molecule has 1 N–H and O–H groups in total. The van der Waals surface area contributed by atoms with Crippen molar-refractivity contribution >= 4 is 22.8 Å². The Kier molecular flexibility index (Phi) is 6.32. The van der Waals surface area contributed by atoms with Crippen molar-refractivity contribution in [2.75, 3.05) is 5.32 Å². The number of benzene rings is 2. The number of nitrogens with zero attached hydrogens (tertiary/aromatic N) is 3. The van der Waals surface area contributed by atoms with Gasteiger partial charge in [-0.25, -0.2) is 9.97 Å². The number of anilines is 1. The van der Waals surface area contributed by atoms with E-state index in [1.165, 1.54) is 6.08 Å². The van der Waals surface area contributed by atoms with Crippen molar-refractivity contribution < 1.29 is 4.79 Å². The van der Waals surface area contributed by atoms with Gasteiger partial charge < -0.3 is 5.32 Å². The molecule has 0 radical (unpaired) electrons. The van der Waals surface area contributed by atoms with Crippen molar-refractivity contribution in [1.29, 1.82) is 0 Å². The number of hydrogen-bond acceptors (Lipinski definition) is 4. The van der Waals surface area contributed by atoms with Crippen LogP contribution in [0, 0.1) is 0 Å². The summed E-state index contributed by atoms with van der Waals surface area (Å²) in [7, 11) is 0. The van der Waals surface area contributed by atoms with Crippen LogP contribution in [0.25, 0.3) is 16.9 Å². The first-order chi connectivity index (χ1) is 15.7. The maximum absolute atomic E-state index is 13.4. The first kappa shape index (κ1) is 20.9. The number of nitrogens with one attached hydrogen (secondary N) is 1. The smallest absolute Gasteiger partial charge is 0.278 e. The van der Waals surface area contributed by atoms with E-state index in [1.54, 1.807) is 47.2 Å². The van der Waals surface area contributed by atoms with Crippen LogP contribution in [0.4, 0.5) is 5.69 Å².